The molecule has 2 heterocycles. The van der Waals surface area contributed by atoms with Crippen molar-refractivity contribution in [3.63, 3.8) is 0 Å². The number of benzene rings is 1. The van der Waals surface area contributed by atoms with Gasteiger partial charge < -0.3 is 9.32 Å². The van der Waals surface area contributed by atoms with Crippen molar-refractivity contribution in [1.82, 2.24) is 14.6 Å². The number of hydrogen-bond acceptors (Lipinski definition) is 4. The number of rotatable bonds is 8. The Bertz CT molecular complexity index is 1010. The minimum Gasteiger partial charge on any atom is -0.464 e. The fourth-order valence-electron chi connectivity index (χ4n) is 3.14. The molecule has 160 valence electrons. The molecule has 2 aromatic heterocycles. The lowest BCUT2D eigenvalue weighted by molar-refractivity contribution is -0.133. The van der Waals surface area contributed by atoms with E-state index in [-0.39, 0.29) is 5.91 Å². The van der Waals surface area contributed by atoms with Gasteiger partial charge in [0.15, 0.2) is 0 Å². The Kier molecular flexibility index (Phi) is 7.05. The van der Waals surface area contributed by atoms with Crippen LogP contribution in [0.3, 0.4) is 0 Å². The van der Waals surface area contributed by atoms with Gasteiger partial charge in [0, 0.05) is 30.9 Å². The van der Waals surface area contributed by atoms with Gasteiger partial charge in [0.05, 0.1) is 22.0 Å². The number of carbonyl (C=O) groups is 1. The highest BCUT2D eigenvalue weighted by atomic mass is 32.2. The smallest absolute Gasteiger partial charge is 0.241 e. The molecule has 3 aromatic rings. The molecule has 7 heteroatoms. The van der Waals surface area contributed by atoms with Crippen molar-refractivity contribution in [2.24, 2.45) is 0 Å². The van der Waals surface area contributed by atoms with Gasteiger partial charge in [-0.15, -0.1) is 0 Å². The fraction of sp³-hybridized carbons (Fsp3) is 0.391. The molecule has 1 N–H and O–H groups in total. The van der Waals surface area contributed by atoms with Gasteiger partial charge in [0.25, 0.3) is 0 Å². The van der Waals surface area contributed by atoms with Gasteiger partial charge in [0.2, 0.25) is 5.91 Å². The second-order valence-corrected chi connectivity index (χ2v) is 10.3. The molecule has 0 radical (unpaired) electrons. The number of nitrogens with one attached hydrogen (secondary N) is 1. The monoisotopic (exact) mass is 427 g/mol. The predicted molar refractivity (Wildman–Crippen MR) is 120 cm³/mol. The molecule has 6 nitrogen and oxygen atoms in total. The first-order valence-corrected chi connectivity index (χ1v) is 11.2. The normalized spacial score (nSPS) is 13.9. The molecule has 1 aromatic carbocycles. The third-order valence-corrected chi connectivity index (χ3v) is 6.46. The number of amides is 1. The maximum absolute atomic E-state index is 13.4. The summed E-state index contributed by atoms with van der Waals surface area (Å²) in [6.07, 6.45) is 5.52. The van der Waals surface area contributed by atoms with Crippen LogP contribution >= 0.6 is 0 Å². The van der Waals surface area contributed by atoms with E-state index in [0.29, 0.717) is 19.5 Å². The molecule has 0 aliphatic heterocycles. The number of hydrogen-bond donors (Lipinski definition) is 1. The Hall–Kier alpha value is -2.51. The van der Waals surface area contributed by atoms with Crippen molar-refractivity contribution in [3.05, 3.63) is 66.2 Å². The lowest BCUT2D eigenvalue weighted by atomic mass is 10.1. The predicted octanol–water partition coefficient (Wildman–Crippen LogP) is 3.84. The number of fused-ring (bicyclic) bond motifs is 1. The molecule has 0 aliphatic rings. The van der Waals surface area contributed by atoms with E-state index in [1.165, 1.54) is 0 Å². The second-order valence-electron chi connectivity index (χ2n) is 8.26. The van der Waals surface area contributed by atoms with E-state index in [1.807, 2.05) is 64.1 Å². The summed E-state index contributed by atoms with van der Waals surface area (Å²) in [6, 6.07) is 11.0. The lowest BCUT2D eigenvalue weighted by Gasteiger charge is -2.29. The van der Waals surface area contributed by atoms with Crippen LogP contribution in [0.5, 0.6) is 0 Å². The van der Waals surface area contributed by atoms with Crippen LogP contribution in [0.25, 0.3) is 11.0 Å². The van der Waals surface area contributed by atoms with Crippen molar-refractivity contribution < 1.29 is 13.4 Å². The molecule has 1 unspecified atom stereocenters. The molecule has 2 atom stereocenters. The summed E-state index contributed by atoms with van der Waals surface area (Å²) in [5.41, 5.74) is 2.77. The first-order valence-electron chi connectivity index (χ1n) is 10.1. The maximum Gasteiger partial charge on any atom is 0.241 e. The highest BCUT2D eigenvalue weighted by molar-refractivity contribution is 7.84. The molecular weight excluding hydrogens is 398 g/mol. The summed E-state index contributed by atoms with van der Waals surface area (Å²) in [4.78, 5) is 19.4. The molecule has 0 saturated heterocycles. The van der Waals surface area contributed by atoms with Crippen LogP contribution in [-0.4, -0.2) is 37.3 Å². The van der Waals surface area contributed by atoms with Crippen LogP contribution in [0, 0.1) is 0 Å². The van der Waals surface area contributed by atoms with Gasteiger partial charge in [-0.05, 0) is 69.5 Å². The topological polar surface area (TPSA) is 75.4 Å². The number of likely N-dealkylation sites (N-methyl/N-ethyl adjacent to an activating group) is 1. The fourth-order valence-corrected chi connectivity index (χ4v) is 3.94. The lowest BCUT2D eigenvalue weighted by Crippen LogP contribution is -2.50. The van der Waals surface area contributed by atoms with E-state index in [9.17, 15) is 9.00 Å². The van der Waals surface area contributed by atoms with E-state index in [0.717, 1.165) is 22.1 Å². The zero-order chi connectivity index (χ0) is 21.7. The van der Waals surface area contributed by atoms with Crippen LogP contribution < -0.4 is 4.72 Å². The summed E-state index contributed by atoms with van der Waals surface area (Å²) in [7, 11) is -1.37. The third kappa shape index (κ3) is 5.55. The minimum atomic E-state index is -1.37. The van der Waals surface area contributed by atoms with Crippen molar-refractivity contribution in [1.29, 1.82) is 0 Å². The van der Waals surface area contributed by atoms with Crippen molar-refractivity contribution in [2.75, 3.05) is 6.54 Å². The van der Waals surface area contributed by atoms with Gasteiger partial charge in [-0.1, -0.05) is 12.1 Å². The summed E-state index contributed by atoms with van der Waals surface area (Å²) in [5.74, 6) is -0.0776. The van der Waals surface area contributed by atoms with E-state index in [2.05, 4.69) is 9.71 Å². The number of nitrogens with zero attached hydrogens (tertiary/aromatic N) is 2. The first kappa shape index (κ1) is 22.2. The summed E-state index contributed by atoms with van der Waals surface area (Å²) in [6.45, 7) is 8.65. The Morgan fingerprint density at radius 2 is 2.03 bits per heavy atom. The Morgan fingerprint density at radius 1 is 1.23 bits per heavy atom. The van der Waals surface area contributed by atoms with Crippen molar-refractivity contribution in [2.45, 2.75) is 51.4 Å². The van der Waals surface area contributed by atoms with Crippen LogP contribution in [0.4, 0.5) is 0 Å². The van der Waals surface area contributed by atoms with Gasteiger partial charge >= 0.3 is 0 Å². The molecule has 30 heavy (non-hydrogen) atoms. The molecular formula is C23H29N3O3S. The van der Waals surface area contributed by atoms with E-state index >= 15 is 0 Å². The van der Waals surface area contributed by atoms with Crippen LogP contribution in [-0.2, 0) is 28.7 Å². The maximum atomic E-state index is 13.4. The number of aromatic nitrogens is 1. The molecule has 0 fully saturated rings. The molecule has 0 spiro atoms. The van der Waals surface area contributed by atoms with Gasteiger partial charge in [-0.3, -0.25) is 9.78 Å². The van der Waals surface area contributed by atoms with Gasteiger partial charge in [0.1, 0.15) is 11.6 Å². The van der Waals surface area contributed by atoms with Gasteiger partial charge in [-0.2, -0.15) is 0 Å². The summed E-state index contributed by atoms with van der Waals surface area (Å²) < 4.78 is 20.8. The molecule has 0 bridgehead atoms. The van der Waals surface area contributed by atoms with E-state index in [1.54, 1.807) is 23.6 Å². The van der Waals surface area contributed by atoms with E-state index in [4.69, 9.17) is 4.42 Å². The number of pyridine rings is 1. The molecule has 3 rings (SSSR count). The van der Waals surface area contributed by atoms with Crippen molar-refractivity contribution >= 4 is 27.9 Å². The number of furan rings is 1. The highest BCUT2D eigenvalue weighted by Crippen LogP contribution is 2.19. The largest absolute Gasteiger partial charge is 0.464 e. The van der Waals surface area contributed by atoms with Gasteiger partial charge in [-0.25, -0.2) is 8.93 Å². The number of carbonyl (C=O) groups excluding carboxylic acids is 1. The minimum absolute atomic E-state index is 0.0776. The van der Waals surface area contributed by atoms with Crippen molar-refractivity contribution in [3.8, 4) is 0 Å². The second kappa shape index (κ2) is 9.53. The summed E-state index contributed by atoms with van der Waals surface area (Å²) >= 11 is 0. The van der Waals surface area contributed by atoms with Crippen LogP contribution in [0.2, 0.25) is 0 Å². The molecule has 0 aliphatic carbocycles. The zero-order valence-corrected chi connectivity index (χ0v) is 18.7. The zero-order valence-electron chi connectivity index (χ0n) is 17.9. The molecule has 0 saturated carbocycles. The molecule has 1 amide bonds. The third-order valence-electron chi connectivity index (χ3n) is 4.85. The standard InChI is InChI=1S/C23H29N3O3S/c1-5-26(16-18-8-9-21-19(13-18)10-12-29-21)22(27)20(25-30(28)23(2,3)4)14-17-7-6-11-24-15-17/h6-13,15,20,25H,5,14,16H2,1-4H3/t20-,30?/m0/s1. The SMILES string of the molecule is CCN(Cc1ccc2occc2c1)C(=O)[C@H](Cc1cccnc1)NS(=O)C(C)(C)C. The van der Waals surface area contributed by atoms with Crippen LogP contribution in [0.1, 0.15) is 38.8 Å². The average Bonchev–Trinajstić information content (AvgIpc) is 3.19. The Labute approximate surface area is 180 Å². The average molecular weight is 428 g/mol. The Balaban J connectivity index is 1.81. The van der Waals surface area contributed by atoms with E-state index < -0.39 is 21.8 Å². The van der Waals surface area contributed by atoms with Crippen LogP contribution in [0.15, 0.2) is 59.5 Å². The summed E-state index contributed by atoms with van der Waals surface area (Å²) in [5, 5.41) is 1.01. The highest BCUT2D eigenvalue weighted by Gasteiger charge is 2.29. The quantitative estimate of drug-likeness (QED) is 0.593. The first-order chi connectivity index (χ1) is 14.3. The Morgan fingerprint density at radius 3 is 2.70 bits per heavy atom.